The fourth-order valence-corrected chi connectivity index (χ4v) is 3.36. The Morgan fingerprint density at radius 2 is 1.82 bits per heavy atom. The van der Waals surface area contributed by atoms with Crippen LogP contribution in [0.4, 0.5) is 5.69 Å². The summed E-state index contributed by atoms with van der Waals surface area (Å²) in [6, 6.07) is 11.7. The molecule has 2 aromatic carbocycles. The summed E-state index contributed by atoms with van der Waals surface area (Å²) in [5.41, 5.74) is 0.998. The number of sulfonamides is 1. The van der Waals surface area contributed by atoms with Crippen LogP contribution in [-0.4, -0.2) is 28.5 Å². The Morgan fingerprint density at radius 1 is 1.05 bits per heavy atom. The van der Waals surface area contributed by atoms with Gasteiger partial charge in [0.25, 0.3) is 10.0 Å². The maximum absolute atomic E-state index is 12.3. The van der Waals surface area contributed by atoms with E-state index in [9.17, 15) is 8.42 Å². The van der Waals surface area contributed by atoms with Crippen molar-refractivity contribution >= 4 is 21.5 Å². The number of ether oxygens (including phenoxy) is 2. The van der Waals surface area contributed by atoms with Crippen molar-refractivity contribution in [2.75, 3.05) is 19.5 Å². The van der Waals surface area contributed by atoms with E-state index in [1.54, 1.807) is 36.4 Å². The number of para-hydroxylation sites is 1. The number of benzene rings is 2. The maximum Gasteiger partial charge on any atom is 0.286 e. The molecule has 0 spiro atoms. The number of nitrogens with one attached hydrogen (secondary N) is 1. The molecule has 7 heteroatoms. The van der Waals surface area contributed by atoms with Crippen LogP contribution in [0.3, 0.4) is 0 Å². The molecule has 0 fully saturated rings. The third kappa shape index (κ3) is 2.39. The molecule has 1 N–H and O–H groups in total. The third-order valence-corrected chi connectivity index (χ3v) is 4.63. The molecular weight excluding hydrogens is 304 g/mol. The number of hydrogen-bond donors (Lipinski definition) is 1. The van der Waals surface area contributed by atoms with Gasteiger partial charge in [0.15, 0.2) is 5.84 Å². The van der Waals surface area contributed by atoms with E-state index >= 15 is 0 Å². The lowest BCUT2D eigenvalue weighted by molar-refractivity contribution is 0.402. The van der Waals surface area contributed by atoms with Gasteiger partial charge in [0, 0.05) is 0 Å². The molecule has 0 atom stereocenters. The highest BCUT2D eigenvalue weighted by molar-refractivity contribution is 7.90. The second-order valence-electron chi connectivity index (χ2n) is 4.60. The summed E-state index contributed by atoms with van der Waals surface area (Å²) in [6.45, 7) is 0. The minimum atomic E-state index is -3.75. The number of hydrogen-bond acceptors (Lipinski definition) is 5. The van der Waals surface area contributed by atoms with Crippen molar-refractivity contribution in [2.24, 2.45) is 4.40 Å². The van der Waals surface area contributed by atoms with Gasteiger partial charge in [-0.3, -0.25) is 0 Å². The van der Waals surface area contributed by atoms with E-state index in [2.05, 4.69) is 9.71 Å². The Bertz CT molecular complexity index is 860. The topological polar surface area (TPSA) is 77.0 Å². The molecule has 3 rings (SSSR count). The SMILES string of the molecule is COc1ccc(OC)c(C2=NS(=O)(=O)c3ccccc3N2)c1. The fraction of sp³-hybridized carbons (Fsp3) is 0.133. The quantitative estimate of drug-likeness (QED) is 0.939. The van der Waals surface area contributed by atoms with Crippen LogP contribution in [0.5, 0.6) is 11.5 Å². The molecule has 0 aliphatic carbocycles. The smallest absolute Gasteiger partial charge is 0.286 e. The van der Waals surface area contributed by atoms with E-state index in [4.69, 9.17) is 9.47 Å². The Morgan fingerprint density at radius 3 is 2.55 bits per heavy atom. The molecule has 1 aliphatic rings. The van der Waals surface area contributed by atoms with Gasteiger partial charge in [0.1, 0.15) is 16.4 Å². The largest absolute Gasteiger partial charge is 0.497 e. The summed E-state index contributed by atoms with van der Waals surface area (Å²) in [7, 11) is -0.708. The highest BCUT2D eigenvalue weighted by atomic mass is 32.2. The number of fused-ring (bicyclic) bond motifs is 1. The number of nitrogens with zero attached hydrogens (tertiary/aromatic N) is 1. The third-order valence-electron chi connectivity index (χ3n) is 3.29. The van der Waals surface area contributed by atoms with Crippen LogP contribution in [0.2, 0.25) is 0 Å². The maximum atomic E-state index is 12.3. The first-order valence-electron chi connectivity index (χ1n) is 6.48. The lowest BCUT2D eigenvalue weighted by atomic mass is 10.1. The minimum absolute atomic E-state index is 0.153. The van der Waals surface area contributed by atoms with Crippen LogP contribution >= 0.6 is 0 Å². The van der Waals surface area contributed by atoms with E-state index in [1.807, 2.05) is 0 Å². The summed E-state index contributed by atoms with van der Waals surface area (Å²) in [4.78, 5) is 0.153. The summed E-state index contributed by atoms with van der Waals surface area (Å²) in [5, 5.41) is 3.03. The van der Waals surface area contributed by atoms with Gasteiger partial charge >= 0.3 is 0 Å². The highest BCUT2D eigenvalue weighted by Crippen LogP contribution is 2.31. The summed E-state index contributed by atoms with van der Waals surface area (Å²) >= 11 is 0. The van der Waals surface area contributed by atoms with Gasteiger partial charge in [-0.15, -0.1) is 4.40 Å². The normalized spacial score (nSPS) is 15.3. The van der Waals surface area contributed by atoms with Crippen molar-refractivity contribution in [3.05, 3.63) is 48.0 Å². The molecular formula is C15H14N2O4S. The van der Waals surface area contributed by atoms with Crippen LogP contribution in [0.25, 0.3) is 0 Å². The molecule has 0 saturated carbocycles. The highest BCUT2D eigenvalue weighted by Gasteiger charge is 2.26. The number of rotatable bonds is 3. The first-order chi connectivity index (χ1) is 10.5. The van der Waals surface area contributed by atoms with Gasteiger partial charge in [-0.2, -0.15) is 8.42 Å². The van der Waals surface area contributed by atoms with E-state index in [1.165, 1.54) is 20.3 Å². The number of anilines is 1. The van der Waals surface area contributed by atoms with Gasteiger partial charge in [-0.05, 0) is 30.3 Å². The van der Waals surface area contributed by atoms with Crippen molar-refractivity contribution in [3.63, 3.8) is 0 Å². The molecule has 0 aromatic heterocycles. The summed E-state index contributed by atoms with van der Waals surface area (Å²) < 4.78 is 38.9. The van der Waals surface area contributed by atoms with Crippen LogP contribution < -0.4 is 14.8 Å². The van der Waals surface area contributed by atoms with Crippen LogP contribution in [0, 0.1) is 0 Å². The van der Waals surface area contributed by atoms with Gasteiger partial charge in [-0.25, -0.2) is 0 Å². The predicted molar refractivity (Wildman–Crippen MR) is 83.3 cm³/mol. The molecule has 1 heterocycles. The Balaban J connectivity index is 2.17. The standard InChI is InChI=1S/C15H14N2O4S/c1-20-10-7-8-13(21-2)11(9-10)15-16-12-5-3-4-6-14(12)22(18,19)17-15/h3-9H,1-2H3,(H,16,17). The molecule has 0 radical (unpaired) electrons. The van der Waals surface area contributed by atoms with Gasteiger partial charge in [0.05, 0.1) is 25.5 Å². The van der Waals surface area contributed by atoms with Crippen LogP contribution in [0.1, 0.15) is 5.56 Å². The van der Waals surface area contributed by atoms with Crippen molar-refractivity contribution in [1.82, 2.24) is 0 Å². The Kier molecular flexibility index (Phi) is 3.50. The van der Waals surface area contributed by atoms with Gasteiger partial charge < -0.3 is 14.8 Å². The van der Waals surface area contributed by atoms with E-state index < -0.39 is 10.0 Å². The molecule has 0 bridgehead atoms. The van der Waals surface area contributed by atoms with Crippen molar-refractivity contribution in [1.29, 1.82) is 0 Å². The van der Waals surface area contributed by atoms with E-state index in [-0.39, 0.29) is 10.7 Å². The Hall–Kier alpha value is -2.54. The second-order valence-corrected chi connectivity index (χ2v) is 6.17. The molecule has 0 unspecified atom stereocenters. The first kappa shape index (κ1) is 14.4. The van der Waals surface area contributed by atoms with E-state index in [0.717, 1.165) is 0 Å². The lowest BCUT2D eigenvalue weighted by Crippen LogP contribution is -2.23. The molecule has 0 saturated heterocycles. The van der Waals surface area contributed by atoms with Crippen LogP contribution in [0.15, 0.2) is 51.8 Å². The fourth-order valence-electron chi connectivity index (χ4n) is 2.23. The zero-order valence-electron chi connectivity index (χ0n) is 12.0. The predicted octanol–water partition coefficient (Wildman–Crippen LogP) is 2.26. The summed E-state index contributed by atoms with van der Waals surface area (Å²) in [5.74, 6) is 1.28. The summed E-state index contributed by atoms with van der Waals surface area (Å²) in [6.07, 6.45) is 0. The van der Waals surface area contributed by atoms with Gasteiger partial charge in [-0.1, -0.05) is 12.1 Å². The lowest BCUT2D eigenvalue weighted by Gasteiger charge is -2.19. The monoisotopic (exact) mass is 318 g/mol. The van der Waals surface area contributed by atoms with Crippen LogP contribution in [-0.2, 0) is 10.0 Å². The molecule has 22 heavy (non-hydrogen) atoms. The molecule has 6 nitrogen and oxygen atoms in total. The van der Waals surface area contributed by atoms with Crippen molar-refractivity contribution in [3.8, 4) is 11.5 Å². The van der Waals surface area contributed by atoms with Crippen molar-refractivity contribution in [2.45, 2.75) is 4.90 Å². The number of methoxy groups -OCH3 is 2. The molecule has 0 amide bonds. The molecule has 2 aromatic rings. The zero-order chi connectivity index (χ0) is 15.7. The Labute approximate surface area is 128 Å². The zero-order valence-corrected chi connectivity index (χ0v) is 12.8. The van der Waals surface area contributed by atoms with Crippen molar-refractivity contribution < 1.29 is 17.9 Å². The first-order valence-corrected chi connectivity index (χ1v) is 7.92. The average molecular weight is 318 g/mol. The molecule has 114 valence electrons. The minimum Gasteiger partial charge on any atom is -0.497 e. The molecule has 1 aliphatic heterocycles. The van der Waals surface area contributed by atoms with Gasteiger partial charge in [0.2, 0.25) is 0 Å². The second kappa shape index (κ2) is 5.34. The van der Waals surface area contributed by atoms with E-state index in [0.29, 0.717) is 22.7 Å². The number of amidine groups is 1. The average Bonchev–Trinajstić information content (AvgIpc) is 2.53.